The van der Waals surface area contributed by atoms with E-state index >= 15 is 0 Å². The molecule has 0 amide bonds. The number of hydrogen-bond donors (Lipinski definition) is 1. The number of nitrogens with one attached hydrogen (secondary N) is 1. The lowest BCUT2D eigenvalue weighted by Crippen LogP contribution is -2.54. The number of benzene rings is 1. The number of carbonyl (C=O) groups excluding carboxylic acids is 2. The van der Waals surface area contributed by atoms with Crippen LogP contribution in [0.5, 0.6) is 0 Å². The number of terminal acetylenes is 1. The molecule has 0 bridgehead atoms. The zero-order valence-electron chi connectivity index (χ0n) is 16.5. The number of methoxy groups -OCH3 is 1. The lowest BCUT2D eigenvalue weighted by Gasteiger charge is -2.47. The van der Waals surface area contributed by atoms with Crippen molar-refractivity contribution in [3.8, 4) is 12.3 Å². The quantitative estimate of drug-likeness (QED) is 0.657. The van der Waals surface area contributed by atoms with E-state index in [9.17, 15) is 9.59 Å². The van der Waals surface area contributed by atoms with Gasteiger partial charge in [-0.1, -0.05) is 38.8 Å². The number of esters is 1. The molecule has 1 aliphatic carbocycles. The molecule has 27 heavy (non-hydrogen) atoms. The molecule has 3 rings (SSSR count). The van der Waals surface area contributed by atoms with Gasteiger partial charge in [0.25, 0.3) is 0 Å². The SMILES string of the molecule is C#Cc1ccc(C2C(C(=O)OC)=C(CC)NC3CC(C)(C)CC(=O)C32)cc1. The molecule has 0 aromatic heterocycles. The molecular weight excluding hydrogens is 338 g/mol. The Bertz CT molecular complexity index is 826. The van der Waals surface area contributed by atoms with Crippen LogP contribution in [0.2, 0.25) is 0 Å². The summed E-state index contributed by atoms with van der Waals surface area (Å²) < 4.78 is 5.09. The van der Waals surface area contributed by atoms with Gasteiger partial charge in [0.2, 0.25) is 0 Å². The van der Waals surface area contributed by atoms with Gasteiger partial charge < -0.3 is 10.1 Å². The minimum Gasteiger partial charge on any atom is -0.466 e. The fraction of sp³-hybridized carbons (Fsp3) is 0.478. The van der Waals surface area contributed by atoms with E-state index in [0.717, 1.165) is 23.2 Å². The van der Waals surface area contributed by atoms with Crippen LogP contribution in [0.4, 0.5) is 0 Å². The van der Waals surface area contributed by atoms with Crippen molar-refractivity contribution < 1.29 is 14.3 Å². The van der Waals surface area contributed by atoms with E-state index in [2.05, 4.69) is 25.1 Å². The molecule has 1 N–H and O–H groups in total. The van der Waals surface area contributed by atoms with Crippen LogP contribution in [0.1, 0.15) is 57.1 Å². The Labute approximate surface area is 161 Å². The van der Waals surface area contributed by atoms with Crippen molar-refractivity contribution in [2.45, 2.75) is 52.0 Å². The maximum atomic E-state index is 13.2. The number of rotatable bonds is 3. The van der Waals surface area contributed by atoms with Crippen LogP contribution >= 0.6 is 0 Å². The molecule has 0 radical (unpaired) electrons. The van der Waals surface area contributed by atoms with Gasteiger partial charge in [-0.3, -0.25) is 4.79 Å². The van der Waals surface area contributed by atoms with Gasteiger partial charge in [0, 0.05) is 35.6 Å². The topological polar surface area (TPSA) is 55.4 Å². The maximum absolute atomic E-state index is 13.2. The normalized spacial score (nSPS) is 26.6. The van der Waals surface area contributed by atoms with Gasteiger partial charge in [-0.15, -0.1) is 6.42 Å². The summed E-state index contributed by atoms with van der Waals surface area (Å²) in [6.45, 7) is 6.27. The fourth-order valence-electron chi connectivity index (χ4n) is 4.65. The van der Waals surface area contributed by atoms with Crippen molar-refractivity contribution in [3.63, 3.8) is 0 Å². The molecule has 1 aromatic carbocycles. The van der Waals surface area contributed by atoms with E-state index in [1.165, 1.54) is 7.11 Å². The number of fused-ring (bicyclic) bond motifs is 1. The van der Waals surface area contributed by atoms with Crippen LogP contribution in [0.25, 0.3) is 0 Å². The smallest absolute Gasteiger partial charge is 0.336 e. The zero-order valence-corrected chi connectivity index (χ0v) is 16.5. The highest BCUT2D eigenvalue weighted by Gasteiger charge is 2.50. The maximum Gasteiger partial charge on any atom is 0.336 e. The summed E-state index contributed by atoms with van der Waals surface area (Å²) in [5, 5.41) is 3.50. The lowest BCUT2D eigenvalue weighted by molar-refractivity contribution is -0.137. The van der Waals surface area contributed by atoms with Gasteiger partial charge in [-0.25, -0.2) is 4.79 Å². The number of allylic oxidation sites excluding steroid dienone is 1. The molecule has 3 atom stereocenters. The first-order valence-electron chi connectivity index (χ1n) is 9.48. The first kappa shape index (κ1) is 19.2. The third-order valence-electron chi connectivity index (χ3n) is 5.78. The first-order chi connectivity index (χ1) is 12.8. The molecule has 142 valence electrons. The van der Waals surface area contributed by atoms with E-state index in [0.29, 0.717) is 18.4 Å². The number of carbonyl (C=O) groups is 2. The zero-order chi connectivity index (χ0) is 19.8. The average Bonchev–Trinajstić information content (AvgIpc) is 2.64. The third kappa shape index (κ3) is 3.51. The summed E-state index contributed by atoms with van der Waals surface area (Å²) >= 11 is 0. The summed E-state index contributed by atoms with van der Waals surface area (Å²) in [5.41, 5.74) is 3.11. The second-order valence-corrected chi connectivity index (χ2v) is 8.27. The van der Waals surface area contributed by atoms with Crippen molar-refractivity contribution in [2.24, 2.45) is 11.3 Å². The van der Waals surface area contributed by atoms with Crippen LogP contribution < -0.4 is 5.32 Å². The highest BCUT2D eigenvalue weighted by atomic mass is 16.5. The van der Waals surface area contributed by atoms with E-state index in [1.807, 2.05) is 31.2 Å². The van der Waals surface area contributed by atoms with E-state index < -0.39 is 0 Å². The predicted octanol–water partition coefficient (Wildman–Crippen LogP) is 3.57. The largest absolute Gasteiger partial charge is 0.466 e. The molecule has 4 heteroatoms. The molecule has 3 unspecified atom stereocenters. The Morgan fingerprint density at radius 2 is 2.00 bits per heavy atom. The predicted molar refractivity (Wildman–Crippen MR) is 105 cm³/mol. The number of Topliss-reactive ketones (excluding diaryl/α,β-unsaturated/α-hetero) is 1. The van der Waals surface area contributed by atoms with Crippen molar-refractivity contribution in [2.75, 3.05) is 7.11 Å². The molecule has 1 heterocycles. The van der Waals surface area contributed by atoms with Gasteiger partial charge in [0.1, 0.15) is 5.78 Å². The van der Waals surface area contributed by atoms with Crippen molar-refractivity contribution in [3.05, 3.63) is 46.7 Å². The average molecular weight is 365 g/mol. The molecular formula is C23H27NO3. The lowest BCUT2D eigenvalue weighted by atomic mass is 9.61. The van der Waals surface area contributed by atoms with Crippen LogP contribution in [0, 0.1) is 23.7 Å². The van der Waals surface area contributed by atoms with Crippen molar-refractivity contribution in [1.29, 1.82) is 0 Å². The molecule has 0 spiro atoms. The Morgan fingerprint density at radius 1 is 1.33 bits per heavy atom. The standard InChI is InChI=1S/C23H27NO3/c1-6-14-8-10-15(11-9-14)19-20-17(12-23(3,4)13-18(20)25)24-16(7-2)21(19)22(26)27-5/h1,8-11,17,19-20,24H,7,12-13H2,2-5H3. The van der Waals surface area contributed by atoms with Crippen LogP contribution in [-0.4, -0.2) is 24.9 Å². The van der Waals surface area contributed by atoms with E-state index in [1.54, 1.807) is 0 Å². The Kier molecular flexibility index (Phi) is 5.15. The second kappa shape index (κ2) is 7.23. The Balaban J connectivity index is 2.16. The molecule has 1 aliphatic heterocycles. The van der Waals surface area contributed by atoms with Gasteiger partial charge in [0.05, 0.1) is 12.7 Å². The molecule has 1 aromatic rings. The summed E-state index contributed by atoms with van der Waals surface area (Å²) in [6, 6.07) is 7.62. The molecule has 4 nitrogen and oxygen atoms in total. The van der Waals surface area contributed by atoms with E-state index in [-0.39, 0.29) is 35.0 Å². The van der Waals surface area contributed by atoms with Gasteiger partial charge >= 0.3 is 5.97 Å². The first-order valence-corrected chi connectivity index (χ1v) is 9.48. The second-order valence-electron chi connectivity index (χ2n) is 8.27. The van der Waals surface area contributed by atoms with Gasteiger partial charge in [-0.2, -0.15) is 0 Å². The molecule has 1 saturated carbocycles. The highest BCUT2D eigenvalue weighted by molar-refractivity contribution is 5.95. The summed E-state index contributed by atoms with van der Waals surface area (Å²) in [5.74, 6) is 1.85. The molecule has 1 fully saturated rings. The van der Waals surface area contributed by atoms with E-state index in [4.69, 9.17) is 11.2 Å². The molecule has 2 aliphatic rings. The molecule has 0 saturated heterocycles. The number of ketones is 1. The van der Waals surface area contributed by atoms with Crippen LogP contribution in [0.15, 0.2) is 35.5 Å². The van der Waals surface area contributed by atoms with Crippen molar-refractivity contribution >= 4 is 11.8 Å². The summed E-state index contributed by atoms with van der Waals surface area (Å²) in [4.78, 5) is 25.8. The minimum absolute atomic E-state index is 0.0157. The van der Waals surface area contributed by atoms with Crippen LogP contribution in [-0.2, 0) is 14.3 Å². The van der Waals surface area contributed by atoms with Gasteiger partial charge in [0.15, 0.2) is 0 Å². The number of hydrogen-bond acceptors (Lipinski definition) is 4. The highest BCUT2D eigenvalue weighted by Crippen LogP contribution is 2.48. The monoisotopic (exact) mass is 365 g/mol. The fourth-order valence-corrected chi connectivity index (χ4v) is 4.65. The Hall–Kier alpha value is -2.54. The van der Waals surface area contributed by atoms with Gasteiger partial charge in [-0.05, 0) is 36.0 Å². The number of ether oxygens (including phenoxy) is 1. The summed E-state index contributed by atoms with van der Waals surface area (Å²) in [7, 11) is 1.39. The minimum atomic E-state index is -0.374. The van der Waals surface area contributed by atoms with Crippen molar-refractivity contribution in [1.82, 2.24) is 5.32 Å². The third-order valence-corrected chi connectivity index (χ3v) is 5.78. The summed E-state index contributed by atoms with van der Waals surface area (Å²) in [6.07, 6.45) is 7.57. The Morgan fingerprint density at radius 3 is 2.56 bits per heavy atom. The van der Waals surface area contributed by atoms with Crippen LogP contribution in [0.3, 0.4) is 0 Å².